The van der Waals surface area contributed by atoms with Gasteiger partial charge in [-0.1, -0.05) is 6.92 Å². The fourth-order valence-corrected chi connectivity index (χ4v) is 7.00. The number of nitrogens with zero attached hydrogens (tertiary/aromatic N) is 2. The molecule has 0 fully saturated rings. The van der Waals surface area contributed by atoms with Crippen molar-refractivity contribution in [3.8, 4) is 5.88 Å². The number of methoxy groups -OCH3 is 1. The fraction of sp³-hybridized carbons (Fsp3) is 0.524. The molecule has 0 saturated carbocycles. The lowest BCUT2D eigenvalue weighted by atomic mass is 9.90. The standard InChI is InChI=1S/C21H28N2O7S2/c1-6-9-32(27,28)30-21-16(12-22-23(21)7-2)19(24)15-11-13(3)20-18(14(15)4)17(29-5)8-10-31(20,25)26/h11-12,17H,6-10H2,1-5H3. The van der Waals surface area contributed by atoms with E-state index in [1.165, 1.54) is 24.1 Å². The maximum atomic E-state index is 13.5. The van der Waals surface area contributed by atoms with Crippen molar-refractivity contribution in [2.75, 3.05) is 18.6 Å². The molecule has 176 valence electrons. The molecule has 1 aromatic carbocycles. The molecule has 0 saturated heterocycles. The Hall–Kier alpha value is -2.24. The number of hydrogen-bond acceptors (Lipinski definition) is 8. The average molecular weight is 485 g/mol. The first-order valence-electron chi connectivity index (χ1n) is 10.4. The van der Waals surface area contributed by atoms with Crippen LogP contribution in [0, 0.1) is 13.8 Å². The van der Waals surface area contributed by atoms with E-state index in [-0.39, 0.29) is 33.4 Å². The molecule has 1 aliphatic rings. The number of aryl methyl sites for hydroxylation is 2. The second-order valence-electron chi connectivity index (χ2n) is 7.79. The SMILES string of the molecule is CCCS(=O)(=O)Oc1c(C(=O)c2cc(C)c3c(c2C)C(OC)CCS3(=O)=O)cnn1CC. The number of fused-ring (bicyclic) bond motifs is 1. The Kier molecular flexibility index (Phi) is 6.83. The highest BCUT2D eigenvalue weighted by Crippen LogP contribution is 2.40. The van der Waals surface area contributed by atoms with Gasteiger partial charge >= 0.3 is 10.1 Å². The molecule has 0 radical (unpaired) electrons. The lowest BCUT2D eigenvalue weighted by molar-refractivity contribution is 0.0951. The van der Waals surface area contributed by atoms with E-state index in [4.69, 9.17) is 8.92 Å². The molecule has 1 aliphatic heterocycles. The molecule has 0 spiro atoms. The Morgan fingerprint density at radius 1 is 1.25 bits per heavy atom. The molecule has 9 nitrogen and oxygen atoms in total. The van der Waals surface area contributed by atoms with Gasteiger partial charge in [-0.25, -0.2) is 13.1 Å². The van der Waals surface area contributed by atoms with Gasteiger partial charge in [0.25, 0.3) is 0 Å². The minimum atomic E-state index is -3.90. The summed E-state index contributed by atoms with van der Waals surface area (Å²) in [6.45, 7) is 7.09. The summed E-state index contributed by atoms with van der Waals surface area (Å²) in [5, 5.41) is 4.11. The van der Waals surface area contributed by atoms with E-state index in [1.807, 2.05) is 0 Å². The van der Waals surface area contributed by atoms with E-state index in [0.29, 0.717) is 36.1 Å². The number of benzene rings is 1. The van der Waals surface area contributed by atoms with Gasteiger partial charge < -0.3 is 8.92 Å². The Morgan fingerprint density at radius 3 is 2.53 bits per heavy atom. The number of aromatic nitrogens is 2. The van der Waals surface area contributed by atoms with Crippen LogP contribution in [-0.2, 0) is 31.2 Å². The van der Waals surface area contributed by atoms with E-state index < -0.39 is 31.8 Å². The van der Waals surface area contributed by atoms with Crippen molar-refractivity contribution in [1.29, 1.82) is 0 Å². The van der Waals surface area contributed by atoms with Crippen LogP contribution in [0.1, 0.15) is 65.4 Å². The minimum absolute atomic E-state index is 0.00149. The van der Waals surface area contributed by atoms with Gasteiger partial charge in [0.2, 0.25) is 5.88 Å². The van der Waals surface area contributed by atoms with E-state index in [0.717, 1.165) is 0 Å². The maximum absolute atomic E-state index is 13.5. The molecule has 0 amide bonds. The smallest absolute Gasteiger partial charge is 0.310 e. The summed E-state index contributed by atoms with van der Waals surface area (Å²) >= 11 is 0. The van der Waals surface area contributed by atoms with Gasteiger partial charge in [0, 0.05) is 24.8 Å². The van der Waals surface area contributed by atoms with Crippen LogP contribution in [-0.4, -0.2) is 51.0 Å². The zero-order valence-corrected chi connectivity index (χ0v) is 20.5. The first kappa shape index (κ1) is 24.4. The molecular formula is C21H28N2O7S2. The van der Waals surface area contributed by atoms with Gasteiger partial charge in [-0.2, -0.15) is 13.5 Å². The number of hydrogen-bond donors (Lipinski definition) is 0. The number of carbonyl (C=O) groups is 1. The lowest BCUT2D eigenvalue weighted by Gasteiger charge is -2.28. The van der Waals surface area contributed by atoms with Crippen LogP contribution in [0.25, 0.3) is 0 Å². The Morgan fingerprint density at radius 2 is 1.94 bits per heavy atom. The molecule has 3 rings (SSSR count). The lowest BCUT2D eigenvalue weighted by Crippen LogP contribution is -2.25. The Labute approximate surface area is 188 Å². The topological polar surface area (TPSA) is 122 Å². The summed E-state index contributed by atoms with van der Waals surface area (Å²) in [6, 6.07) is 1.53. The van der Waals surface area contributed by atoms with E-state index in [2.05, 4.69) is 5.10 Å². The van der Waals surface area contributed by atoms with Crippen LogP contribution in [0.5, 0.6) is 5.88 Å². The fourth-order valence-electron chi connectivity index (χ4n) is 4.10. The van der Waals surface area contributed by atoms with Crippen LogP contribution < -0.4 is 4.18 Å². The number of sulfone groups is 1. The summed E-state index contributed by atoms with van der Waals surface area (Å²) in [7, 11) is -5.89. The van der Waals surface area contributed by atoms with Gasteiger partial charge in [0.1, 0.15) is 5.56 Å². The predicted molar refractivity (Wildman–Crippen MR) is 118 cm³/mol. The van der Waals surface area contributed by atoms with Crippen molar-refractivity contribution < 1.29 is 30.6 Å². The van der Waals surface area contributed by atoms with Crippen molar-refractivity contribution in [1.82, 2.24) is 9.78 Å². The van der Waals surface area contributed by atoms with Crippen LogP contribution >= 0.6 is 0 Å². The third kappa shape index (κ3) is 4.33. The number of carbonyl (C=O) groups excluding carboxylic acids is 1. The molecule has 0 N–H and O–H groups in total. The van der Waals surface area contributed by atoms with Crippen LogP contribution in [0.4, 0.5) is 0 Å². The molecule has 1 aromatic heterocycles. The zero-order valence-electron chi connectivity index (χ0n) is 18.8. The summed E-state index contributed by atoms with van der Waals surface area (Å²) in [4.78, 5) is 13.7. The largest absolute Gasteiger partial charge is 0.377 e. The summed E-state index contributed by atoms with van der Waals surface area (Å²) in [5.74, 6) is -0.855. The average Bonchev–Trinajstić information content (AvgIpc) is 3.11. The second-order valence-corrected chi connectivity index (χ2v) is 11.5. The van der Waals surface area contributed by atoms with Gasteiger partial charge in [-0.3, -0.25) is 4.79 Å². The van der Waals surface area contributed by atoms with E-state index >= 15 is 0 Å². The molecule has 0 bridgehead atoms. The van der Waals surface area contributed by atoms with Gasteiger partial charge in [0.05, 0.1) is 28.7 Å². The van der Waals surface area contributed by atoms with Crippen molar-refractivity contribution in [3.63, 3.8) is 0 Å². The summed E-state index contributed by atoms with van der Waals surface area (Å²) < 4.78 is 62.1. The minimum Gasteiger partial charge on any atom is -0.377 e. The van der Waals surface area contributed by atoms with Crippen molar-refractivity contribution in [3.05, 3.63) is 40.1 Å². The first-order valence-corrected chi connectivity index (χ1v) is 13.6. The van der Waals surface area contributed by atoms with Gasteiger partial charge in [-0.15, -0.1) is 0 Å². The second kappa shape index (κ2) is 8.95. The normalized spacial score (nSPS) is 17.7. The Bertz CT molecular complexity index is 1260. The summed E-state index contributed by atoms with van der Waals surface area (Å²) in [5.41, 5.74) is 1.67. The number of ether oxygens (including phenoxy) is 1. The van der Waals surface area contributed by atoms with Crippen LogP contribution in [0.15, 0.2) is 17.2 Å². The Balaban J connectivity index is 2.18. The predicted octanol–water partition coefficient (Wildman–Crippen LogP) is 2.73. The molecule has 1 atom stereocenters. The molecule has 0 aliphatic carbocycles. The highest BCUT2D eigenvalue weighted by molar-refractivity contribution is 7.91. The third-order valence-electron chi connectivity index (χ3n) is 5.58. The van der Waals surface area contributed by atoms with E-state index in [9.17, 15) is 21.6 Å². The first-order chi connectivity index (χ1) is 15.0. The van der Waals surface area contributed by atoms with Crippen LogP contribution in [0.2, 0.25) is 0 Å². The summed E-state index contributed by atoms with van der Waals surface area (Å²) in [6.07, 6.45) is 1.48. The monoisotopic (exact) mass is 484 g/mol. The van der Waals surface area contributed by atoms with Crippen LogP contribution in [0.3, 0.4) is 0 Å². The quantitative estimate of drug-likeness (QED) is 0.414. The maximum Gasteiger partial charge on any atom is 0.310 e. The molecule has 1 unspecified atom stereocenters. The van der Waals surface area contributed by atoms with Gasteiger partial charge in [0.15, 0.2) is 15.6 Å². The number of rotatable bonds is 8. The zero-order chi connectivity index (χ0) is 23.8. The van der Waals surface area contributed by atoms with Crippen molar-refractivity contribution >= 4 is 25.7 Å². The molecule has 32 heavy (non-hydrogen) atoms. The number of ketones is 1. The molecule has 2 heterocycles. The van der Waals surface area contributed by atoms with Crippen molar-refractivity contribution in [2.45, 2.75) is 58.1 Å². The van der Waals surface area contributed by atoms with Crippen molar-refractivity contribution in [2.24, 2.45) is 0 Å². The van der Waals surface area contributed by atoms with E-state index in [1.54, 1.807) is 27.7 Å². The highest BCUT2D eigenvalue weighted by atomic mass is 32.2. The molecular weight excluding hydrogens is 456 g/mol. The highest BCUT2D eigenvalue weighted by Gasteiger charge is 2.36. The molecule has 11 heteroatoms. The van der Waals surface area contributed by atoms with Gasteiger partial charge in [-0.05, 0) is 50.8 Å². The third-order valence-corrected chi connectivity index (χ3v) is 8.83. The molecule has 2 aromatic rings.